The van der Waals surface area contributed by atoms with Gasteiger partial charge < -0.3 is 4.57 Å². The van der Waals surface area contributed by atoms with Crippen LogP contribution in [0.2, 0.25) is 0 Å². The molecule has 0 unspecified atom stereocenters. The van der Waals surface area contributed by atoms with E-state index in [4.69, 9.17) is 0 Å². The quantitative estimate of drug-likeness (QED) is 0.737. The largest absolute Gasteiger partial charge is 0.344 e. The van der Waals surface area contributed by atoms with Crippen molar-refractivity contribution in [1.29, 1.82) is 0 Å². The van der Waals surface area contributed by atoms with Gasteiger partial charge in [-0.1, -0.05) is 0 Å². The zero-order chi connectivity index (χ0) is 12.3. The number of hydrogen-bond acceptors (Lipinski definition) is 3. The van der Waals surface area contributed by atoms with Crippen molar-refractivity contribution in [2.75, 3.05) is 5.75 Å². The number of sulfone groups is 1. The number of ketones is 1. The van der Waals surface area contributed by atoms with Crippen molar-refractivity contribution >= 4 is 15.6 Å². The standard InChI is InChI=1S/C11H17NO3S/c1-9(2)16(14,15)8-7-12-6-4-5-11(12)10(3)13/h4-6,9H,7-8H2,1-3H3. The van der Waals surface area contributed by atoms with Crippen molar-refractivity contribution in [2.45, 2.75) is 32.6 Å². The first kappa shape index (κ1) is 13.0. The first-order valence-electron chi connectivity index (χ1n) is 5.22. The van der Waals surface area contributed by atoms with Crippen LogP contribution in [0.15, 0.2) is 18.3 Å². The first-order chi connectivity index (χ1) is 7.34. The van der Waals surface area contributed by atoms with Crippen LogP contribution in [0.5, 0.6) is 0 Å². The minimum absolute atomic E-state index is 0.0491. The molecule has 90 valence electrons. The fraction of sp³-hybridized carbons (Fsp3) is 0.545. The highest BCUT2D eigenvalue weighted by Crippen LogP contribution is 2.06. The van der Waals surface area contributed by atoms with Crippen LogP contribution in [0, 0.1) is 0 Å². The van der Waals surface area contributed by atoms with Gasteiger partial charge in [-0.05, 0) is 26.0 Å². The van der Waals surface area contributed by atoms with Crippen LogP contribution < -0.4 is 0 Å². The summed E-state index contributed by atoms with van der Waals surface area (Å²) in [6.07, 6.45) is 1.73. The summed E-state index contributed by atoms with van der Waals surface area (Å²) in [5, 5.41) is -0.371. The lowest BCUT2D eigenvalue weighted by atomic mass is 10.3. The van der Waals surface area contributed by atoms with Gasteiger partial charge in [-0.3, -0.25) is 4.79 Å². The third-order valence-electron chi connectivity index (χ3n) is 2.53. The molecule has 4 nitrogen and oxygen atoms in total. The molecule has 16 heavy (non-hydrogen) atoms. The zero-order valence-corrected chi connectivity index (χ0v) is 10.6. The second kappa shape index (κ2) is 4.82. The number of carbonyl (C=O) groups excluding carboxylic acids is 1. The van der Waals surface area contributed by atoms with Gasteiger partial charge in [-0.15, -0.1) is 0 Å². The highest BCUT2D eigenvalue weighted by Gasteiger charge is 2.16. The number of Topliss-reactive ketones (excluding diaryl/α,β-unsaturated/α-hetero) is 1. The summed E-state index contributed by atoms with van der Waals surface area (Å²) in [4.78, 5) is 11.2. The van der Waals surface area contributed by atoms with Crippen LogP contribution in [0.4, 0.5) is 0 Å². The summed E-state index contributed by atoms with van der Waals surface area (Å²) < 4.78 is 24.9. The molecule has 0 saturated heterocycles. The molecule has 0 saturated carbocycles. The SMILES string of the molecule is CC(=O)c1cccn1CCS(=O)(=O)C(C)C. The Bertz CT molecular complexity index is 471. The monoisotopic (exact) mass is 243 g/mol. The number of hydrogen-bond donors (Lipinski definition) is 0. The smallest absolute Gasteiger partial charge is 0.176 e. The third kappa shape index (κ3) is 2.95. The van der Waals surface area contributed by atoms with E-state index in [2.05, 4.69) is 0 Å². The Morgan fingerprint density at radius 3 is 2.56 bits per heavy atom. The van der Waals surface area contributed by atoms with Crippen LogP contribution in [-0.4, -0.2) is 29.8 Å². The molecule has 1 rings (SSSR count). The summed E-state index contributed by atoms with van der Waals surface area (Å²) in [6.45, 7) is 5.14. The molecule has 0 aliphatic heterocycles. The van der Waals surface area contributed by atoms with Crippen molar-refractivity contribution in [3.05, 3.63) is 24.0 Å². The average molecular weight is 243 g/mol. The van der Waals surface area contributed by atoms with E-state index in [-0.39, 0.29) is 16.8 Å². The second-order valence-electron chi connectivity index (χ2n) is 4.06. The molecule has 1 aromatic rings. The third-order valence-corrected chi connectivity index (χ3v) is 4.71. The van der Waals surface area contributed by atoms with Crippen molar-refractivity contribution in [3.8, 4) is 0 Å². The fourth-order valence-electron chi connectivity index (χ4n) is 1.39. The van der Waals surface area contributed by atoms with Gasteiger partial charge in [0.05, 0.1) is 16.7 Å². The van der Waals surface area contributed by atoms with Crippen LogP contribution >= 0.6 is 0 Å². The lowest BCUT2D eigenvalue weighted by Gasteiger charge is -2.10. The van der Waals surface area contributed by atoms with E-state index >= 15 is 0 Å². The van der Waals surface area contributed by atoms with Crippen molar-refractivity contribution in [1.82, 2.24) is 4.57 Å². The highest BCUT2D eigenvalue weighted by atomic mass is 32.2. The molecule has 0 bridgehead atoms. The van der Waals surface area contributed by atoms with Crippen LogP contribution in [0.25, 0.3) is 0 Å². The van der Waals surface area contributed by atoms with Gasteiger partial charge in [-0.2, -0.15) is 0 Å². The number of nitrogens with zero attached hydrogens (tertiary/aromatic N) is 1. The van der Waals surface area contributed by atoms with E-state index < -0.39 is 9.84 Å². The Hall–Kier alpha value is -1.10. The molecule has 1 heterocycles. The number of aromatic nitrogens is 1. The summed E-state index contributed by atoms with van der Waals surface area (Å²) >= 11 is 0. The minimum Gasteiger partial charge on any atom is -0.344 e. The predicted octanol–water partition coefficient (Wildman–Crippen LogP) is 1.51. The molecular formula is C11H17NO3S. The van der Waals surface area contributed by atoms with Crippen molar-refractivity contribution < 1.29 is 13.2 Å². The van der Waals surface area contributed by atoms with E-state index in [1.54, 1.807) is 36.7 Å². The first-order valence-corrected chi connectivity index (χ1v) is 6.94. The second-order valence-corrected chi connectivity index (χ2v) is 6.74. The summed E-state index contributed by atoms with van der Waals surface area (Å²) in [7, 11) is -3.05. The molecule has 0 aliphatic carbocycles. The van der Waals surface area contributed by atoms with Gasteiger partial charge in [0.1, 0.15) is 0 Å². The summed E-state index contributed by atoms with van der Waals surface area (Å²) in [6, 6.07) is 3.45. The molecule has 0 amide bonds. The normalized spacial score (nSPS) is 12.0. The van der Waals surface area contributed by atoms with Crippen LogP contribution in [0.1, 0.15) is 31.3 Å². The summed E-state index contributed by atoms with van der Waals surface area (Å²) in [5.41, 5.74) is 0.555. The molecule has 0 N–H and O–H groups in total. The molecule has 1 aromatic heterocycles. The van der Waals surface area contributed by atoms with Gasteiger partial charge in [-0.25, -0.2) is 8.42 Å². The average Bonchev–Trinajstić information content (AvgIpc) is 2.62. The van der Waals surface area contributed by atoms with E-state index in [0.717, 1.165) is 0 Å². The molecule has 0 aromatic carbocycles. The van der Waals surface area contributed by atoms with E-state index in [1.165, 1.54) is 6.92 Å². The predicted molar refractivity (Wildman–Crippen MR) is 63.4 cm³/mol. The number of carbonyl (C=O) groups is 1. The molecule has 0 spiro atoms. The van der Waals surface area contributed by atoms with Crippen molar-refractivity contribution in [3.63, 3.8) is 0 Å². The maximum Gasteiger partial charge on any atom is 0.176 e. The molecule has 0 atom stereocenters. The van der Waals surface area contributed by atoms with Gasteiger partial charge >= 0.3 is 0 Å². The van der Waals surface area contributed by atoms with Gasteiger partial charge in [0.25, 0.3) is 0 Å². The number of aryl methyl sites for hydroxylation is 1. The summed E-state index contributed by atoms with van der Waals surface area (Å²) in [5.74, 6) is 0.0199. The van der Waals surface area contributed by atoms with E-state index in [9.17, 15) is 13.2 Å². The molecule has 0 radical (unpaired) electrons. The van der Waals surface area contributed by atoms with Gasteiger partial charge in [0.2, 0.25) is 0 Å². The molecule has 0 aliphatic rings. The Balaban J connectivity index is 2.76. The lowest BCUT2D eigenvalue weighted by molar-refractivity contribution is 0.100. The molecule has 0 fully saturated rings. The van der Waals surface area contributed by atoms with Gasteiger partial charge in [0.15, 0.2) is 15.6 Å². The van der Waals surface area contributed by atoms with E-state index in [0.29, 0.717) is 12.2 Å². The van der Waals surface area contributed by atoms with Crippen LogP contribution in [0.3, 0.4) is 0 Å². The minimum atomic E-state index is -3.05. The fourth-order valence-corrected chi connectivity index (χ4v) is 2.31. The van der Waals surface area contributed by atoms with Crippen molar-refractivity contribution in [2.24, 2.45) is 0 Å². The lowest BCUT2D eigenvalue weighted by Crippen LogP contribution is -2.22. The molecule has 5 heteroatoms. The maximum atomic E-state index is 11.6. The molecular weight excluding hydrogens is 226 g/mol. The van der Waals surface area contributed by atoms with Crippen LogP contribution in [-0.2, 0) is 16.4 Å². The Morgan fingerprint density at radius 1 is 1.44 bits per heavy atom. The topological polar surface area (TPSA) is 56.1 Å². The van der Waals surface area contributed by atoms with Gasteiger partial charge in [0, 0.05) is 19.7 Å². The zero-order valence-electron chi connectivity index (χ0n) is 9.80. The maximum absolute atomic E-state index is 11.6. The highest BCUT2D eigenvalue weighted by molar-refractivity contribution is 7.91. The Kier molecular flexibility index (Phi) is 3.91. The number of rotatable bonds is 5. The Labute approximate surface area is 96.2 Å². The Morgan fingerprint density at radius 2 is 2.06 bits per heavy atom. The van der Waals surface area contributed by atoms with E-state index in [1.807, 2.05) is 0 Å².